The third-order valence-electron chi connectivity index (χ3n) is 4.53. The van der Waals surface area contributed by atoms with E-state index < -0.39 is 0 Å². The highest BCUT2D eigenvalue weighted by Crippen LogP contribution is 2.29. The second-order valence-electron chi connectivity index (χ2n) is 5.80. The predicted molar refractivity (Wildman–Crippen MR) is 81.3 cm³/mol. The minimum atomic E-state index is 0.756. The van der Waals surface area contributed by atoms with Gasteiger partial charge in [0, 0.05) is 25.8 Å². The van der Waals surface area contributed by atoms with Gasteiger partial charge in [0.15, 0.2) is 0 Å². The zero-order chi connectivity index (χ0) is 13.7. The lowest BCUT2D eigenvalue weighted by molar-refractivity contribution is 0.157. The second-order valence-corrected chi connectivity index (χ2v) is 5.80. The minimum absolute atomic E-state index is 0.756. The Morgan fingerprint density at radius 3 is 2.53 bits per heavy atom. The average molecular weight is 261 g/mol. The Bertz CT molecular complexity index is 366. The molecule has 1 aromatic heterocycles. The summed E-state index contributed by atoms with van der Waals surface area (Å²) in [5, 5.41) is 3.06. The maximum atomic E-state index is 4.38. The molecular formula is C16H27N3. The number of pyridine rings is 1. The summed E-state index contributed by atoms with van der Waals surface area (Å²) < 4.78 is 0. The molecule has 0 aromatic carbocycles. The van der Waals surface area contributed by atoms with Crippen molar-refractivity contribution in [3.05, 3.63) is 23.9 Å². The molecule has 1 fully saturated rings. The van der Waals surface area contributed by atoms with Crippen LogP contribution < -0.4 is 5.32 Å². The first-order valence-corrected chi connectivity index (χ1v) is 7.55. The van der Waals surface area contributed by atoms with Crippen molar-refractivity contribution in [3.8, 4) is 0 Å². The van der Waals surface area contributed by atoms with Gasteiger partial charge in [-0.25, -0.2) is 4.98 Å². The number of anilines is 1. The van der Waals surface area contributed by atoms with Crippen LogP contribution in [0.5, 0.6) is 0 Å². The summed E-state index contributed by atoms with van der Waals surface area (Å²) in [4.78, 5) is 6.88. The molecule has 1 N–H and O–H groups in total. The minimum Gasteiger partial charge on any atom is -0.373 e. The standard InChI is InChI=1S/C16H27N3/c1-4-13-5-8-15(9-6-13)19(3)12-14-7-10-16(17-2)18-11-14/h7,10-11,13,15H,4-6,8-9,12H2,1-3H3,(H,17,18). The first kappa shape index (κ1) is 14.3. The van der Waals surface area contributed by atoms with E-state index in [4.69, 9.17) is 0 Å². The summed E-state index contributed by atoms with van der Waals surface area (Å²) in [6.45, 7) is 3.34. The van der Waals surface area contributed by atoms with Gasteiger partial charge in [0.05, 0.1) is 0 Å². The quantitative estimate of drug-likeness (QED) is 0.879. The van der Waals surface area contributed by atoms with E-state index in [1.165, 1.54) is 37.7 Å². The molecule has 19 heavy (non-hydrogen) atoms. The fourth-order valence-corrected chi connectivity index (χ4v) is 3.08. The van der Waals surface area contributed by atoms with Crippen molar-refractivity contribution in [1.82, 2.24) is 9.88 Å². The van der Waals surface area contributed by atoms with Crippen LogP contribution >= 0.6 is 0 Å². The Morgan fingerprint density at radius 2 is 2.00 bits per heavy atom. The molecule has 1 saturated carbocycles. The molecule has 106 valence electrons. The molecule has 1 aromatic rings. The summed E-state index contributed by atoms with van der Waals surface area (Å²) >= 11 is 0. The number of aromatic nitrogens is 1. The number of hydrogen-bond acceptors (Lipinski definition) is 3. The van der Waals surface area contributed by atoms with Gasteiger partial charge in [0.25, 0.3) is 0 Å². The fraction of sp³-hybridized carbons (Fsp3) is 0.688. The van der Waals surface area contributed by atoms with Gasteiger partial charge >= 0.3 is 0 Å². The van der Waals surface area contributed by atoms with Crippen molar-refractivity contribution in [2.75, 3.05) is 19.4 Å². The monoisotopic (exact) mass is 261 g/mol. The van der Waals surface area contributed by atoms with Crippen molar-refractivity contribution in [2.24, 2.45) is 5.92 Å². The summed E-state index contributed by atoms with van der Waals surface area (Å²) in [5.41, 5.74) is 1.30. The molecular weight excluding hydrogens is 234 g/mol. The first-order valence-electron chi connectivity index (χ1n) is 7.55. The van der Waals surface area contributed by atoms with Crippen molar-refractivity contribution < 1.29 is 0 Å². The highest BCUT2D eigenvalue weighted by atomic mass is 15.1. The van der Waals surface area contributed by atoms with E-state index in [2.05, 4.69) is 41.3 Å². The second kappa shape index (κ2) is 6.90. The van der Waals surface area contributed by atoms with Crippen LogP contribution in [0.3, 0.4) is 0 Å². The van der Waals surface area contributed by atoms with Gasteiger partial charge in [-0.05, 0) is 50.3 Å². The Labute approximate surface area is 117 Å². The molecule has 1 aliphatic carbocycles. The van der Waals surface area contributed by atoms with Crippen LogP contribution in [0.1, 0.15) is 44.6 Å². The van der Waals surface area contributed by atoms with Gasteiger partial charge in [0.2, 0.25) is 0 Å². The topological polar surface area (TPSA) is 28.2 Å². The molecule has 3 heteroatoms. The zero-order valence-electron chi connectivity index (χ0n) is 12.5. The third kappa shape index (κ3) is 3.93. The zero-order valence-corrected chi connectivity index (χ0v) is 12.5. The lowest BCUT2D eigenvalue weighted by Crippen LogP contribution is -2.34. The third-order valence-corrected chi connectivity index (χ3v) is 4.53. The van der Waals surface area contributed by atoms with Gasteiger partial charge in [-0.15, -0.1) is 0 Å². The van der Waals surface area contributed by atoms with Crippen LogP contribution in [0.4, 0.5) is 5.82 Å². The van der Waals surface area contributed by atoms with Crippen LogP contribution in [0.15, 0.2) is 18.3 Å². The lowest BCUT2D eigenvalue weighted by Gasteiger charge is -2.34. The molecule has 0 atom stereocenters. The number of rotatable bonds is 5. The smallest absolute Gasteiger partial charge is 0.125 e. The molecule has 3 nitrogen and oxygen atoms in total. The van der Waals surface area contributed by atoms with Crippen molar-refractivity contribution in [2.45, 2.75) is 51.6 Å². The SMILES string of the molecule is CCC1CCC(N(C)Cc2ccc(NC)nc2)CC1. The van der Waals surface area contributed by atoms with Gasteiger partial charge in [-0.1, -0.05) is 19.4 Å². The maximum absolute atomic E-state index is 4.38. The Morgan fingerprint density at radius 1 is 1.26 bits per heavy atom. The molecule has 1 aliphatic rings. The van der Waals surface area contributed by atoms with E-state index in [1.54, 1.807) is 0 Å². The molecule has 0 saturated heterocycles. The molecule has 0 bridgehead atoms. The number of nitrogens with zero attached hydrogens (tertiary/aromatic N) is 2. The van der Waals surface area contributed by atoms with Crippen molar-refractivity contribution in [3.63, 3.8) is 0 Å². The van der Waals surface area contributed by atoms with Gasteiger partial charge in [-0.3, -0.25) is 4.90 Å². The van der Waals surface area contributed by atoms with E-state index in [0.29, 0.717) is 0 Å². The van der Waals surface area contributed by atoms with E-state index >= 15 is 0 Å². The van der Waals surface area contributed by atoms with Gasteiger partial charge in [-0.2, -0.15) is 0 Å². The van der Waals surface area contributed by atoms with E-state index in [-0.39, 0.29) is 0 Å². The largest absolute Gasteiger partial charge is 0.373 e. The van der Waals surface area contributed by atoms with E-state index in [1.807, 2.05) is 13.2 Å². The van der Waals surface area contributed by atoms with Gasteiger partial charge < -0.3 is 5.32 Å². The molecule has 2 rings (SSSR count). The van der Waals surface area contributed by atoms with Crippen LogP contribution in [0.25, 0.3) is 0 Å². The Kier molecular flexibility index (Phi) is 5.20. The van der Waals surface area contributed by atoms with Crippen LogP contribution in [0, 0.1) is 5.92 Å². The normalized spacial score (nSPS) is 23.6. The molecule has 0 aliphatic heterocycles. The van der Waals surface area contributed by atoms with Crippen molar-refractivity contribution in [1.29, 1.82) is 0 Å². The lowest BCUT2D eigenvalue weighted by atomic mass is 9.84. The fourth-order valence-electron chi connectivity index (χ4n) is 3.08. The van der Waals surface area contributed by atoms with Crippen molar-refractivity contribution >= 4 is 5.82 Å². The molecule has 0 radical (unpaired) electrons. The van der Waals surface area contributed by atoms with Crippen LogP contribution in [-0.2, 0) is 6.54 Å². The van der Waals surface area contributed by atoms with Crippen LogP contribution in [-0.4, -0.2) is 30.0 Å². The molecule has 0 amide bonds. The molecule has 1 heterocycles. The van der Waals surface area contributed by atoms with Crippen LogP contribution in [0.2, 0.25) is 0 Å². The van der Waals surface area contributed by atoms with Gasteiger partial charge in [0.1, 0.15) is 5.82 Å². The highest BCUT2D eigenvalue weighted by Gasteiger charge is 2.22. The Hall–Kier alpha value is -1.09. The maximum Gasteiger partial charge on any atom is 0.125 e. The summed E-state index contributed by atoms with van der Waals surface area (Å²) in [6, 6.07) is 4.98. The number of hydrogen-bond donors (Lipinski definition) is 1. The van der Waals surface area contributed by atoms with E-state index in [9.17, 15) is 0 Å². The average Bonchev–Trinajstić information content (AvgIpc) is 2.48. The predicted octanol–water partition coefficient (Wildman–Crippen LogP) is 3.52. The molecule has 0 spiro atoms. The number of nitrogens with one attached hydrogen (secondary N) is 1. The summed E-state index contributed by atoms with van der Waals surface area (Å²) in [7, 11) is 4.16. The Balaban J connectivity index is 1.84. The van der Waals surface area contributed by atoms with E-state index in [0.717, 1.165) is 24.3 Å². The summed E-state index contributed by atoms with van der Waals surface area (Å²) in [5.74, 6) is 1.91. The highest BCUT2D eigenvalue weighted by molar-refractivity contribution is 5.34. The first-order chi connectivity index (χ1) is 9.22. The molecule has 0 unspecified atom stereocenters. The summed E-state index contributed by atoms with van der Waals surface area (Å²) in [6.07, 6.45) is 8.87.